The fourth-order valence-corrected chi connectivity index (χ4v) is 2.87. The highest BCUT2D eigenvalue weighted by molar-refractivity contribution is 5.40. The molecule has 15 heavy (non-hydrogen) atoms. The summed E-state index contributed by atoms with van der Waals surface area (Å²) in [4.78, 5) is 0. The van der Waals surface area contributed by atoms with Gasteiger partial charge in [0.05, 0.1) is 13.2 Å². The Morgan fingerprint density at radius 3 is 3.13 bits per heavy atom. The van der Waals surface area contributed by atoms with E-state index in [1.807, 2.05) is 0 Å². The van der Waals surface area contributed by atoms with E-state index in [2.05, 4.69) is 18.2 Å². The second-order valence-electron chi connectivity index (χ2n) is 4.41. The van der Waals surface area contributed by atoms with Gasteiger partial charge in [0.15, 0.2) is 0 Å². The number of ether oxygens (including phenoxy) is 2. The van der Waals surface area contributed by atoms with Crippen LogP contribution in [-0.2, 0) is 11.2 Å². The molecule has 0 radical (unpaired) electrons. The number of rotatable bonds is 1. The molecule has 2 aliphatic rings. The summed E-state index contributed by atoms with van der Waals surface area (Å²) in [5.74, 6) is 1.62. The van der Waals surface area contributed by atoms with Crippen LogP contribution < -0.4 is 4.74 Å². The van der Waals surface area contributed by atoms with Crippen molar-refractivity contribution in [3.05, 3.63) is 29.3 Å². The molecule has 0 unspecified atom stereocenters. The highest BCUT2D eigenvalue weighted by atomic mass is 16.5. The van der Waals surface area contributed by atoms with Crippen LogP contribution in [0.4, 0.5) is 0 Å². The summed E-state index contributed by atoms with van der Waals surface area (Å²) in [6.45, 7) is 0.931. The summed E-state index contributed by atoms with van der Waals surface area (Å²) < 4.78 is 11.0. The van der Waals surface area contributed by atoms with Crippen molar-refractivity contribution >= 4 is 0 Å². The van der Waals surface area contributed by atoms with Gasteiger partial charge in [-0.1, -0.05) is 6.07 Å². The Bertz CT molecular complexity index is 373. The number of hydrogen-bond donors (Lipinski definition) is 0. The van der Waals surface area contributed by atoms with E-state index in [0.29, 0.717) is 12.0 Å². The van der Waals surface area contributed by atoms with E-state index in [0.717, 1.165) is 18.8 Å². The van der Waals surface area contributed by atoms with Crippen LogP contribution in [0.1, 0.15) is 29.9 Å². The minimum absolute atomic E-state index is 0.478. The average molecular weight is 204 g/mol. The second-order valence-corrected chi connectivity index (χ2v) is 4.41. The van der Waals surface area contributed by atoms with Gasteiger partial charge < -0.3 is 9.47 Å². The Morgan fingerprint density at radius 2 is 2.27 bits per heavy atom. The summed E-state index contributed by atoms with van der Waals surface area (Å²) in [6.07, 6.45) is 3.97. The Labute approximate surface area is 90.2 Å². The number of aryl methyl sites for hydroxylation is 1. The maximum absolute atomic E-state index is 5.74. The number of benzene rings is 1. The molecule has 80 valence electrons. The molecule has 1 fully saturated rings. The van der Waals surface area contributed by atoms with Crippen molar-refractivity contribution in [1.82, 2.24) is 0 Å². The molecule has 0 N–H and O–H groups in total. The predicted molar refractivity (Wildman–Crippen MR) is 58.4 cm³/mol. The van der Waals surface area contributed by atoms with Crippen molar-refractivity contribution in [2.45, 2.75) is 31.3 Å². The van der Waals surface area contributed by atoms with Crippen molar-refractivity contribution in [1.29, 1.82) is 0 Å². The van der Waals surface area contributed by atoms with Gasteiger partial charge in [-0.15, -0.1) is 0 Å². The molecule has 1 heterocycles. The van der Waals surface area contributed by atoms with Crippen molar-refractivity contribution in [3.8, 4) is 5.75 Å². The molecule has 2 heteroatoms. The molecule has 1 aromatic rings. The Hall–Kier alpha value is -1.02. The minimum Gasteiger partial charge on any atom is -0.497 e. The second kappa shape index (κ2) is 3.53. The summed E-state index contributed by atoms with van der Waals surface area (Å²) in [5, 5.41) is 0. The monoisotopic (exact) mass is 204 g/mol. The highest BCUT2D eigenvalue weighted by Crippen LogP contribution is 2.40. The Balaban J connectivity index is 2.00. The van der Waals surface area contributed by atoms with E-state index in [4.69, 9.17) is 9.47 Å². The summed E-state index contributed by atoms with van der Waals surface area (Å²) in [7, 11) is 1.73. The zero-order valence-electron chi connectivity index (χ0n) is 9.03. The van der Waals surface area contributed by atoms with Gasteiger partial charge >= 0.3 is 0 Å². The molecule has 1 aliphatic heterocycles. The van der Waals surface area contributed by atoms with E-state index in [-0.39, 0.29) is 0 Å². The fraction of sp³-hybridized carbons (Fsp3) is 0.538. The topological polar surface area (TPSA) is 18.5 Å². The molecule has 1 saturated heterocycles. The standard InChI is InChI=1S/C13H16O2/c1-14-10-3-4-11-9(8-10)2-5-13-12(11)6-7-15-13/h3-4,8,12-13H,2,5-7H2,1H3/t12-,13+/m1/s1. The predicted octanol–water partition coefficient (Wildman–Crippen LogP) is 2.51. The molecule has 2 nitrogen and oxygen atoms in total. The van der Waals surface area contributed by atoms with Crippen LogP contribution in [0.2, 0.25) is 0 Å². The Kier molecular flexibility index (Phi) is 2.17. The maximum atomic E-state index is 5.74. The molecule has 0 amide bonds. The van der Waals surface area contributed by atoms with Gasteiger partial charge in [-0.3, -0.25) is 0 Å². The third kappa shape index (κ3) is 1.44. The van der Waals surface area contributed by atoms with E-state index in [9.17, 15) is 0 Å². The van der Waals surface area contributed by atoms with Gasteiger partial charge in [0.1, 0.15) is 5.75 Å². The molecular weight excluding hydrogens is 188 g/mol. The highest BCUT2D eigenvalue weighted by Gasteiger charge is 2.34. The van der Waals surface area contributed by atoms with Gasteiger partial charge in [-0.05, 0) is 42.5 Å². The third-order valence-corrected chi connectivity index (χ3v) is 3.66. The van der Waals surface area contributed by atoms with Crippen molar-refractivity contribution in [2.75, 3.05) is 13.7 Å². The van der Waals surface area contributed by atoms with Crippen molar-refractivity contribution in [3.63, 3.8) is 0 Å². The summed E-state index contributed by atoms with van der Waals surface area (Å²) in [6, 6.07) is 6.48. The molecule has 2 atom stereocenters. The largest absolute Gasteiger partial charge is 0.497 e. The van der Waals surface area contributed by atoms with Crippen LogP contribution in [0.25, 0.3) is 0 Å². The number of methoxy groups -OCH3 is 1. The molecule has 0 saturated carbocycles. The van der Waals surface area contributed by atoms with E-state index in [1.165, 1.54) is 24.0 Å². The van der Waals surface area contributed by atoms with Gasteiger partial charge in [0, 0.05) is 12.5 Å². The molecule has 1 aliphatic carbocycles. The van der Waals surface area contributed by atoms with Gasteiger partial charge in [-0.2, -0.15) is 0 Å². The quantitative estimate of drug-likeness (QED) is 0.699. The zero-order chi connectivity index (χ0) is 10.3. The molecule has 1 aromatic carbocycles. The van der Waals surface area contributed by atoms with Crippen LogP contribution >= 0.6 is 0 Å². The first-order valence-electron chi connectivity index (χ1n) is 5.67. The van der Waals surface area contributed by atoms with E-state index in [1.54, 1.807) is 7.11 Å². The lowest BCUT2D eigenvalue weighted by Crippen LogP contribution is -2.21. The normalized spacial score (nSPS) is 28.3. The molecule has 0 spiro atoms. The first-order chi connectivity index (χ1) is 7.38. The summed E-state index contributed by atoms with van der Waals surface area (Å²) >= 11 is 0. The van der Waals surface area contributed by atoms with Crippen LogP contribution in [0, 0.1) is 0 Å². The summed E-state index contributed by atoms with van der Waals surface area (Å²) in [5.41, 5.74) is 2.95. The first kappa shape index (κ1) is 9.22. The van der Waals surface area contributed by atoms with Gasteiger partial charge in [0.2, 0.25) is 0 Å². The van der Waals surface area contributed by atoms with Crippen LogP contribution in [-0.4, -0.2) is 19.8 Å². The molecule has 0 aromatic heterocycles. The third-order valence-electron chi connectivity index (χ3n) is 3.66. The molecule has 3 rings (SSSR count). The van der Waals surface area contributed by atoms with Gasteiger partial charge in [0.25, 0.3) is 0 Å². The minimum atomic E-state index is 0.478. The van der Waals surface area contributed by atoms with Crippen molar-refractivity contribution in [2.24, 2.45) is 0 Å². The fourth-order valence-electron chi connectivity index (χ4n) is 2.87. The lowest BCUT2D eigenvalue weighted by atomic mass is 9.80. The number of hydrogen-bond acceptors (Lipinski definition) is 2. The smallest absolute Gasteiger partial charge is 0.119 e. The van der Waals surface area contributed by atoms with Crippen LogP contribution in [0.5, 0.6) is 5.75 Å². The van der Waals surface area contributed by atoms with Crippen LogP contribution in [0.3, 0.4) is 0 Å². The average Bonchev–Trinajstić information content (AvgIpc) is 2.76. The van der Waals surface area contributed by atoms with E-state index < -0.39 is 0 Å². The molecular formula is C13H16O2. The lowest BCUT2D eigenvalue weighted by molar-refractivity contribution is 0.0929. The number of fused-ring (bicyclic) bond motifs is 3. The molecule has 0 bridgehead atoms. The van der Waals surface area contributed by atoms with Crippen molar-refractivity contribution < 1.29 is 9.47 Å². The Morgan fingerprint density at radius 1 is 1.33 bits per heavy atom. The zero-order valence-corrected chi connectivity index (χ0v) is 9.03. The maximum Gasteiger partial charge on any atom is 0.119 e. The SMILES string of the molecule is COc1ccc2c(c1)CC[C@@H]1OCC[C@H]21. The first-order valence-corrected chi connectivity index (χ1v) is 5.67. The van der Waals surface area contributed by atoms with Crippen LogP contribution in [0.15, 0.2) is 18.2 Å². The van der Waals surface area contributed by atoms with Gasteiger partial charge in [-0.25, -0.2) is 0 Å². The lowest BCUT2D eigenvalue weighted by Gasteiger charge is -2.27. The van der Waals surface area contributed by atoms with E-state index >= 15 is 0 Å².